The van der Waals surface area contributed by atoms with Gasteiger partial charge in [0.1, 0.15) is 12.2 Å². The second kappa shape index (κ2) is 10.6. The van der Waals surface area contributed by atoms with Crippen molar-refractivity contribution in [3.05, 3.63) is 47.5 Å². The maximum absolute atomic E-state index is 12.9. The fourth-order valence-electron chi connectivity index (χ4n) is 3.65. The topological polar surface area (TPSA) is 61.6 Å². The van der Waals surface area contributed by atoms with Crippen molar-refractivity contribution < 1.29 is 13.2 Å². The Bertz CT molecular complexity index is 855. The predicted octanol–water partition coefficient (Wildman–Crippen LogP) is 2.64. The van der Waals surface area contributed by atoms with E-state index in [0.29, 0.717) is 18.7 Å². The normalized spacial score (nSPS) is 16.0. The first-order valence-corrected chi connectivity index (χ1v) is 10.7. The quantitative estimate of drug-likeness (QED) is 0.533. The summed E-state index contributed by atoms with van der Waals surface area (Å²) < 4.78 is 40.8. The molecule has 0 spiro atoms. The van der Waals surface area contributed by atoms with Gasteiger partial charge in [0.25, 0.3) is 0 Å². The summed E-state index contributed by atoms with van der Waals surface area (Å²) in [4.78, 5) is 9.13. The second-order valence-electron chi connectivity index (χ2n) is 7.49. The number of alkyl halides is 3. The van der Waals surface area contributed by atoms with Gasteiger partial charge in [0, 0.05) is 52.2 Å². The van der Waals surface area contributed by atoms with Crippen LogP contribution in [0.4, 0.5) is 13.2 Å². The van der Waals surface area contributed by atoms with Gasteiger partial charge in [-0.3, -0.25) is 9.89 Å². The summed E-state index contributed by atoms with van der Waals surface area (Å²) in [6.45, 7) is 9.81. The van der Waals surface area contributed by atoms with Crippen LogP contribution in [0.1, 0.15) is 30.8 Å². The minimum atomic E-state index is -4.31. The number of hydrogen-bond acceptors (Lipinski definition) is 4. The van der Waals surface area contributed by atoms with Crippen molar-refractivity contribution in [1.29, 1.82) is 0 Å². The van der Waals surface area contributed by atoms with Crippen LogP contribution >= 0.6 is 0 Å². The molecule has 3 rings (SSSR count). The highest BCUT2D eigenvalue weighted by atomic mass is 19.4. The molecule has 1 aromatic heterocycles. The Balaban J connectivity index is 1.54. The van der Waals surface area contributed by atoms with Crippen LogP contribution in [0, 0.1) is 0 Å². The van der Waals surface area contributed by atoms with Gasteiger partial charge in [-0.2, -0.15) is 13.2 Å². The van der Waals surface area contributed by atoms with Gasteiger partial charge in [-0.15, -0.1) is 10.2 Å². The summed E-state index contributed by atoms with van der Waals surface area (Å²) in [5, 5.41) is 11.4. The number of nitrogens with zero attached hydrogens (tertiary/aromatic N) is 6. The van der Waals surface area contributed by atoms with Crippen molar-refractivity contribution in [2.24, 2.45) is 4.99 Å². The van der Waals surface area contributed by atoms with Crippen molar-refractivity contribution in [2.45, 2.75) is 39.5 Å². The molecule has 7 nitrogen and oxygen atoms in total. The van der Waals surface area contributed by atoms with Gasteiger partial charge in [0.15, 0.2) is 5.96 Å². The SMILES string of the molecule is CCNC(=NCCn1cnnc1CC)N1CCN(Cc2cccc(C(F)(F)F)c2)CC1. The highest BCUT2D eigenvalue weighted by molar-refractivity contribution is 5.80. The van der Waals surface area contributed by atoms with Crippen LogP contribution in [-0.2, 0) is 25.7 Å². The van der Waals surface area contributed by atoms with Crippen LogP contribution in [0.5, 0.6) is 0 Å². The number of piperazine rings is 1. The van der Waals surface area contributed by atoms with E-state index in [-0.39, 0.29) is 0 Å². The number of aryl methyl sites for hydroxylation is 1. The molecule has 170 valence electrons. The lowest BCUT2D eigenvalue weighted by atomic mass is 10.1. The first kappa shape index (κ1) is 23.1. The monoisotopic (exact) mass is 437 g/mol. The average Bonchev–Trinajstić information content (AvgIpc) is 3.21. The minimum Gasteiger partial charge on any atom is -0.357 e. The molecule has 1 aromatic carbocycles. The van der Waals surface area contributed by atoms with E-state index >= 15 is 0 Å². The smallest absolute Gasteiger partial charge is 0.357 e. The number of aliphatic imine (C=N–C) groups is 1. The molecule has 0 radical (unpaired) electrons. The van der Waals surface area contributed by atoms with Crippen LogP contribution in [0.2, 0.25) is 0 Å². The molecule has 1 fully saturated rings. The molecule has 0 amide bonds. The lowest BCUT2D eigenvalue weighted by Gasteiger charge is -2.36. The van der Waals surface area contributed by atoms with Gasteiger partial charge in [-0.05, 0) is 18.6 Å². The number of benzene rings is 1. The highest BCUT2D eigenvalue weighted by Gasteiger charge is 2.30. The summed E-state index contributed by atoms with van der Waals surface area (Å²) in [5.41, 5.74) is 0.0917. The molecule has 2 aromatic rings. The number of rotatable bonds is 7. The molecular weight excluding hydrogens is 407 g/mol. The molecular formula is C21H30F3N7. The highest BCUT2D eigenvalue weighted by Crippen LogP contribution is 2.29. The number of aromatic nitrogens is 3. The zero-order valence-electron chi connectivity index (χ0n) is 18.1. The molecule has 0 bridgehead atoms. The molecule has 1 N–H and O–H groups in total. The van der Waals surface area contributed by atoms with E-state index in [1.807, 2.05) is 18.4 Å². The molecule has 1 saturated heterocycles. The van der Waals surface area contributed by atoms with Crippen LogP contribution in [0.3, 0.4) is 0 Å². The summed E-state index contributed by atoms with van der Waals surface area (Å²) in [6.07, 6.45) is -1.75. The van der Waals surface area contributed by atoms with Crippen LogP contribution < -0.4 is 5.32 Å². The van der Waals surface area contributed by atoms with Gasteiger partial charge in [-0.1, -0.05) is 25.1 Å². The Morgan fingerprint density at radius 2 is 1.94 bits per heavy atom. The van der Waals surface area contributed by atoms with Crippen molar-refractivity contribution in [1.82, 2.24) is 29.9 Å². The number of halogens is 3. The Labute approximate surface area is 181 Å². The fourth-order valence-corrected chi connectivity index (χ4v) is 3.65. The van der Waals surface area contributed by atoms with Crippen molar-refractivity contribution in [3.63, 3.8) is 0 Å². The predicted molar refractivity (Wildman–Crippen MR) is 114 cm³/mol. The second-order valence-corrected chi connectivity index (χ2v) is 7.49. The third-order valence-corrected chi connectivity index (χ3v) is 5.28. The molecule has 31 heavy (non-hydrogen) atoms. The Hall–Kier alpha value is -2.62. The molecule has 0 atom stereocenters. The molecule has 0 aliphatic carbocycles. The van der Waals surface area contributed by atoms with E-state index in [4.69, 9.17) is 4.99 Å². The number of hydrogen-bond donors (Lipinski definition) is 1. The Morgan fingerprint density at radius 3 is 2.61 bits per heavy atom. The maximum atomic E-state index is 12.9. The average molecular weight is 438 g/mol. The van der Waals surface area contributed by atoms with E-state index in [0.717, 1.165) is 63.5 Å². The standard InChI is InChI=1S/C21H30F3N7/c1-3-19-28-27-16-31(19)9-8-26-20(25-4-2)30-12-10-29(11-13-30)15-17-6-5-7-18(14-17)21(22,23)24/h5-7,14,16H,3-4,8-13,15H2,1-2H3,(H,25,26). The van der Waals surface area contributed by atoms with E-state index in [9.17, 15) is 13.2 Å². The first-order chi connectivity index (χ1) is 14.9. The van der Waals surface area contributed by atoms with Crippen LogP contribution in [0.25, 0.3) is 0 Å². The Morgan fingerprint density at radius 1 is 1.16 bits per heavy atom. The van der Waals surface area contributed by atoms with E-state index in [2.05, 4.69) is 25.3 Å². The minimum absolute atomic E-state index is 0.513. The summed E-state index contributed by atoms with van der Waals surface area (Å²) in [6, 6.07) is 5.59. The molecule has 1 aliphatic rings. The maximum Gasteiger partial charge on any atom is 0.416 e. The van der Waals surface area contributed by atoms with Crippen molar-refractivity contribution in [3.8, 4) is 0 Å². The summed E-state index contributed by atoms with van der Waals surface area (Å²) >= 11 is 0. The number of guanidine groups is 1. The van der Waals surface area contributed by atoms with Gasteiger partial charge in [0.2, 0.25) is 0 Å². The fraction of sp³-hybridized carbons (Fsp3) is 0.571. The van der Waals surface area contributed by atoms with Crippen molar-refractivity contribution >= 4 is 5.96 Å². The lowest BCUT2D eigenvalue weighted by Crippen LogP contribution is -2.52. The Kier molecular flexibility index (Phi) is 7.89. The van der Waals surface area contributed by atoms with Gasteiger partial charge < -0.3 is 14.8 Å². The van der Waals surface area contributed by atoms with Crippen LogP contribution in [-0.4, -0.2) is 69.8 Å². The van der Waals surface area contributed by atoms with Crippen LogP contribution in [0.15, 0.2) is 35.6 Å². The molecule has 0 unspecified atom stereocenters. The van der Waals surface area contributed by atoms with E-state index in [1.165, 1.54) is 12.1 Å². The number of nitrogens with one attached hydrogen (secondary N) is 1. The van der Waals surface area contributed by atoms with E-state index < -0.39 is 11.7 Å². The third-order valence-electron chi connectivity index (χ3n) is 5.28. The summed E-state index contributed by atoms with van der Waals surface area (Å²) in [5.74, 6) is 1.82. The molecule has 0 saturated carbocycles. The third kappa shape index (κ3) is 6.43. The molecule has 2 heterocycles. The van der Waals surface area contributed by atoms with Gasteiger partial charge >= 0.3 is 6.18 Å². The zero-order valence-corrected chi connectivity index (χ0v) is 18.1. The largest absolute Gasteiger partial charge is 0.416 e. The molecule has 10 heteroatoms. The molecule has 1 aliphatic heterocycles. The van der Waals surface area contributed by atoms with E-state index in [1.54, 1.807) is 12.4 Å². The zero-order chi connectivity index (χ0) is 22.3. The van der Waals surface area contributed by atoms with Gasteiger partial charge in [0.05, 0.1) is 12.1 Å². The van der Waals surface area contributed by atoms with Gasteiger partial charge in [-0.25, -0.2) is 0 Å². The lowest BCUT2D eigenvalue weighted by molar-refractivity contribution is -0.137. The summed E-state index contributed by atoms with van der Waals surface area (Å²) in [7, 11) is 0. The van der Waals surface area contributed by atoms with Crippen molar-refractivity contribution in [2.75, 3.05) is 39.3 Å². The first-order valence-electron chi connectivity index (χ1n) is 10.7.